The lowest BCUT2D eigenvalue weighted by Crippen LogP contribution is -2.64. The number of fused-ring (bicyclic) bond motifs is 5. The number of nitrogens with one attached hydrogen (secondary N) is 5. The van der Waals surface area contributed by atoms with Crippen LogP contribution in [0.3, 0.4) is 0 Å². The van der Waals surface area contributed by atoms with Crippen LogP contribution in [0.15, 0.2) is 36.0 Å². The van der Waals surface area contributed by atoms with Gasteiger partial charge in [0.25, 0.3) is 0 Å². The minimum absolute atomic E-state index is 0.0173. The Balaban J connectivity index is 1.40. The van der Waals surface area contributed by atoms with Gasteiger partial charge in [0.05, 0.1) is 19.1 Å². The summed E-state index contributed by atoms with van der Waals surface area (Å²) in [6.45, 7) is 30.5. The zero-order valence-electron chi connectivity index (χ0n) is 82.5. The Kier molecular flexibility index (Phi) is 42.1. The molecule has 20 atom stereocenters. The second kappa shape index (κ2) is 49.3. The van der Waals surface area contributed by atoms with Crippen molar-refractivity contribution in [1.82, 2.24) is 60.9 Å². The molecular weight excluding hydrogens is 1690 g/mol. The second-order valence-corrected chi connectivity index (χ2v) is 39.8. The molecule has 4 fully saturated rings. The molecule has 1 saturated heterocycles. The average molecular weight is 1850 g/mol. The number of Topliss-reactive ketones (excluding diaryl/α,β-unsaturated/α-hetero) is 1. The Labute approximate surface area is 774 Å². The van der Waals surface area contributed by atoms with Gasteiger partial charge in [-0.1, -0.05) is 135 Å². The van der Waals surface area contributed by atoms with Crippen molar-refractivity contribution in [2.75, 3.05) is 75.8 Å². The number of allylic oxidation sites excluding steroid dienone is 6. The number of unbranched alkanes of at least 4 members (excludes halogenated alkanes) is 1. The highest BCUT2D eigenvalue weighted by Gasteiger charge is 2.68. The van der Waals surface area contributed by atoms with E-state index >= 15 is 19.2 Å². The predicted octanol–water partition coefficient (Wildman–Crippen LogP) is 5.45. The zero-order valence-corrected chi connectivity index (χ0v) is 82.5. The summed E-state index contributed by atoms with van der Waals surface area (Å²) >= 11 is 0. The van der Waals surface area contributed by atoms with Gasteiger partial charge in [0, 0.05) is 79.0 Å². The molecule has 0 aromatic heterocycles. The quantitative estimate of drug-likeness (QED) is 0.0146. The first-order valence-corrected chi connectivity index (χ1v) is 46.7. The lowest BCUT2D eigenvalue weighted by atomic mass is 9.46. The number of aliphatic hydroxyl groups is 2. The summed E-state index contributed by atoms with van der Waals surface area (Å²) < 4.78 is 22.0. The summed E-state index contributed by atoms with van der Waals surface area (Å²) in [6.07, 6.45) is 6.60. The highest BCUT2D eigenvalue weighted by Crippen LogP contribution is 2.67. The molecule has 36 nitrogen and oxygen atoms in total. The Morgan fingerprint density at radius 3 is 1.72 bits per heavy atom. The van der Waals surface area contributed by atoms with E-state index in [2.05, 4.69) is 26.6 Å². The van der Waals surface area contributed by atoms with Gasteiger partial charge in [0.1, 0.15) is 78.2 Å². The number of rotatable bonds is 30. The van der Waals surface area contributed by atoms with Crippen LogP contribution in [0.4, 0.5) is 4.79 Å². The fourth-order valence-corrected chi connectivity index (χ4v) is 19.5. The van der Waals surface area contributed by atoms with Crippen LogP contribution in [0.5, 0.6) is 0 Å². The summed E-state index contributed by atoms with van der Waals surface area (Å²) in [6, 6.07) is -15.0. The number of likely N-dealkylation sites (N-methyl/N-ethyl adjacent to an activating group) is 7. The van der Waals surface area contributed by atoms with Crippen LogP contribution in [-0.2, 0) is 95.7 Å². The van der Waals surface area contributed by atoms with Crippen LogP contribution in [0.1, 0.15) is 234 Å². The number of carbonyl (C=O) groups is 17. The molecule has 738 valence electrons. The maximum absolute atomic E-state index is 15.9. The van der Waals surface area contributed by atoms with Crippen molar-refractivity contribution in [3.05, 3.63) is 36.0 Å². The predicted molar refractivity (Wildman–Crippen MR) is 488 cm³/mol. The number of nitrogens with zero attached hydrogens (tertiary/aromatic N) is 7. The number of esters is 2. The van der Waals surface area contributed by atoms with Crippen LogP contribution >= 0.6 is 0 Å². The van der Waals surface area contributed by atoms with Gasteiger partial charge in [0.15, 0.2) is 12.4 Å². The molecule has 0 radical (unpaired) electrons. The van der Waals surface area contributed by atoms with Gasteiger partial charge >= 0.3 is 18.1 Å². The minimum atomic E-state index is -1.92. The molecular formula is C95H155N13O23. The van der Waals surface area contributed by atoms with E-state index in [1.807, 2.05) is 75.3 Å². The van der Waals surface area contributed by atoms with Crippen LogP contribution in [-0.4, -0.2) is 305 Å². The van der Waals surface area contributed by atoms with Crippen molar-refractivity contribution in [3.8, 4) is 0 Å². The van der Waals surface area contributed by atoms with Crippen LogP contribution in [0, 0.1) is 70.0 Å². The topological polar surface area (TPSA) is 476 Å². The van der Waals surface area contributed by atoms with Gasteiger partial charge in [-0.25, -0.2) is 4.79 Å². The van der Waals surface area contributed by atoms with Gasteiger partial charge in [-0.2, -0.15) is 0 Å². The molecule has 0 aromatic rings. The molecule has 1 aliphatic heterocycles. The number of ketones is 2. The second-order valence-electron chi connectivity index (χ2n) is 39.8. The molecule has 131 heavy (non-hydrogen) atoms. The van der Waals surface area contributed by atoms with Gasteiger partial charge in [-0.15, -0.1) is 0 Å². The lowest BCUT2D eigenvalue weighted by Gasteiger charge is -2.59. The smallest absolute Gasteiger partial charge is 0.458 e. The number of nitrogens with two attached hydrogens (primary N) is 1. The van der Waals surface area contributed by atoms with Crippen molar-refractivity contribution in [2.24, 2.45) is 75.7 Å². The SMILES string of the molecule is CC=CC[C@@H](C)C(OC(=O)OCOC(=O)[C@H](N)CCCCNC(=O)CCC(=O)OCC(=O)[C@@]1(O)CCC2C3CCC4=CC(=O)C=C[C@]4(C)C3[C@@H](O)C[C@@]21C)C1C(=O)NC(CC)C(=O)N(C)CC(=O)N(C)[C@@H](CC(C)C)C(=O)NC(C(C)C)C(=O)N(C)C(CC(C)C)C(=O)NC(C)C(=O)NC(C)C(=O)N(C)C(CC(C)C)C(=O)N(C)C(CC(C)C)C(=O)N(C)C(C(C)C)C(=O)N1C. The largest absolute Gasteiger partial charge is 0.511 e. The fourth-order valence-electron chi connectivity index (χ4n) is 19.5. The van der Waals surface area contributed by atoms with E-state index in [4.69, 9.17) is 24.7 Å². The van der Waals surface area contributed by atoms with E-state index in [0.29, 0.717) is 25.7 Å². The van der Waals surface area contributed by atoms with Crippen molar-refractivity contribution < 1.29 is 111 Å². The Hall–Kier alpha value is -9.71. The Morgan fingerprint density at radius 1 is 0.611 bits per heavy atom. The first kappa shape index (κ1) is 112. The molecule has 13 unspecified atom stereocenters. The number of ether oxygens (including phenoxy) is 4. The van der Waals surface area contributed by atoms with E-state index in [1.165, 1.54) is 84.0 Å². The first-order valence-electron chi connectivity index (χ1n) is 46.7. The third-order valence-corrected chi connectivity index (χ3v) is 27.2. The molecule has 1 heterocycles. The van der Waals surface area contributed by atoms with Crippen molar-refractivity contribution in [1.29, 1.82) is 0 Å². The molecule has 0 bridgehead atoms. The van der Waals surface area contributed by atoms with Crippen molar-refractivity contribution in [3.63, 3.8) is 0 Å². The molecule has 4 aliphatic carbocycles. The highest BCUT2D eigenvalue weighted by atomic mass is 16.8. The Bertz CT molecular complexity index is 4170. The number of amides is 12. The number of hydrogen-bond acceptors (Lipinski definition) is 24. The minimum Gasteiger partial charge on any atom is -0.458 e. The van der Waals surface area contributed by atoms with Crippen LogP contribution in [0.2, 0.25) is 0 Å². The maximum atomic E-state index is 15.9. The van der Waals surface area contributed by atoms with Gasteiger partial charge in [-0.05, 0) is 176 Å². The molecule has 3 saturated carbocycles. The normalized spacial score (nSPS) is 29.3. The third-order valence-electron chi connectivity index (χ3n) is 27.2. The average Bonchev–Trinajstić information content (AvgIpc) is 1.58. The number of carbonyl (C=O) groups excluding carboxylic acids is 17. The molecule has 0 spiro atoms. The van der Waals surface area contributed by atoms with Gasteiger partial charge in [-0.3, -0.25) is 76.7 Å². The number of aliphatic hydroxyl groups excluding tert-OH is 1. The summed E-state index contributed by atoms with van der Waals surface area (Å²) in [5.74, 6) is -15.3. The van der Waals surface area contributed by atoms with Gasteiger partial charge < -0.3 is 95.8 Å². The summed E-state index contributed by atoms with van der Waals surface area (Å²) in [7, 11) is 9.47. The summed E-state index contributed by atoms with van der Waals surface area (Å²) in [5, 5.41) is 37.5. The number of hydrogen-bond donors (Lipinski definition) is 8. The zero-order chi connectivity index (χ0) is 99.3. The summed E-state index contributed by atoms with van der Waals surface area (Å²) in [5.41, 5.74) is 3.77. The summed E-state index contributed by atoms with van der Waals surface area (Å²) in [4.78, 5) is 252. The van der Waals surface area contributed by atoms with Gasteiger partial charge in [0.2, 0.25) is 83.5 Å². The molecule has 12 amide bonds. The van der Waals surface area contributed by atoms with Crippen LogP contribution in [0.25, 0.3) is 0 Å². The van der Waals surface area contributed by atoms with Crippen molar-refractivity contribution in [2.45, 2.75) is 319 Å². The molecule has 36 heteroatoms. The molecule has 5 rings (SSSR count). The van der Waals surface area contributed by atoms with Crippen LogP contribution < -0.4 is 32.3 Å². The monoisotopic (exact) mass is 1850 g/mol. The van der Waals surface area contributed by atoms with E-state index in [-0.39, 0.29) is 131 Å². The van der Waals surface area contributed by atoms with Crippen molar-refractivity contribution >= 4 is 101 Å². The van der Waals surface area contributed by atoms with E-state index < -0.39 is 228 Å². The third kappa shape index (κ3) is 28.4. The first-order chi connectivity index (χ1) is 61.0. The molecule has 0 aromatic carbocycles. The van der Waals surface area contributed by atoms with E-state index in [0.717, 1.165) is 25.2 Å². The fraction of sp³-hybridized carbons (Fsp3) is 0.758. The Morgan fingerprint density at radius 2 is 1.15 bits per heavy atom. The standard InChI is InChI=1S/C95H155N13O23/c1-27-29-32-58(15)80(131-92(126)130-51-129-91(125)65(96)33-30-31-42-97-73(112)36-37-75(114)128-50-72(111)95(127)41-39-64-63-35-34-61-47-62(109)38-40-93(61,18)76(63)71(110)48-94(64,95)19)79-84(118)100-66(28-2)86(120)102(20)49-74(113)103(21)67(43-52(3)4)83(117)101-77(56(11)12)89(123)104(22)68(44-53(5)6)82(116)98-59(16)81(115)99-60(17)85(119)105(23)69(45-54(7)8)87(121)106(24)70(46-55(9)10)88(122)107(25)78(57(13)14)90(124)108(79)26/h27,29,38,40,47,52-60,63-71,76-80,110,127H,28,30-37,39,41-46,48-51,96H2,1-26H3,(H,97,112)(H,98,116)(H,99,115)(H,100,118)(H,101,117)/t58-,59?,60?,63?,64?,65-,66?,67+,68?,69?,70?,71+,76?,77?,78?,79?,80?,93+,94+,95+/m1/s1. The molecule has 9 N–H and O–H groups in total. The lowest BCUT2D eigenvalue weighted by molar-refractivity contribution is -0.181. The highest BCUT2D eigenvalue weighted by molar-refractivity contribution is 6.02. The molecule has 5 aliphatic rings. The maximum Gasteiger partial charge on any atom is 0.511 e. The van der Waals surface area contributed by atoms with E-state index in [1.54, 1.807) is 66.7 Å². The van der Waals surface area contributed by atoms with E-state index in [9.17, 15) is 72.5 Å².